The van der Waals surface area contributed by atoms with Gasteiger partial charge in [0.1, 0.15) is 5.82 Å². The third-order valence-electron chi connectivity index (χ3n) is 3.62. The van der Waals surface area contributed by atoms with Gasteiger partial charge in [-0.05, 0) is 18.6 Å². The topological polar surface area (TPSA) is 42.0 Å². The Kier molecular flexibility index (Phi) is 5.36. The van der Waals surface area contributed by atoms with Gasteiger partial charge in [-0.1, -0.05) is 55.5 Å². The molecule has 5 heteroatoms. The van der Waals surface area contributed by atoms with Gasteiger partial charge >= 0.3 is 0 Å². The summed E-state index contributed by atoms with van der Waals surface area (Å²) >= 11 is 1.46. The van der Waals surface area contributed by atoms with Crippen molar-refractivity contribution in [3.05, 3.63) is 76.9 Å². The Labute approximate surface area is 149 Å². The molecular weight excluding hydrogens is 335 g/mol. The van der Waals surface area contributed by atoms with E-state index in [9.17, 15) is 9.18 Å². The first-order valence-corrected chi connectivity index (χ1v) is 8.77. The van der Waals surface area contributed by atoms with Gasteiger partial charge in [-0.3, -0.25) is 10.1 Å². The highest BCUT2D eigenvalue weighted by atomic mass is 32.1. The summed E-state index contributed by atoms with van der Waals surface area (Å²) in [6.45, 7) is 2.06. The third-order valence-corrected chi connectivity index (χ3v) is 4.73. The Morgan fingerprint density at radius 2 is 1.88 bits per heavy atom. The van der Waals surface area contributed by atoms with Crippen molar-refractivity contribution in [3.63, 3.8) is 0 Å². The second kappa shape index (κ2) is 7.85. The van der Waals surface area contributed by atoms with Crippen molar-refractivity contribution >= 4 is 28.5 Å². The van der Waals surface area contributed by atoms with Crippen LogP contribution in [0.3, 0.4) is 0 Å². The van der Waals surface area contributed by atoms with E-state index in [1.54, 1.807) is 18.2 Å². The molecule has 3 nitrogen and oxygen atoms in total. The van der Waals surface area contributed by atoms with Crippen molar-refractivity contribution in [2.75, 3.05) is 5.32 Å². The summed E-state index contributed by atoms with van der Waals surface area (Å²) in [7, 11) is 0. The van der Waals surface area contributed by atoms with E-state index < -0.39 is 0 Å². The lowest BCUT2D eigenvalue weighted by atomic mass is 10.1. The van der Waals surface area contributed by atoms with Crippen LogP contribution in [0.1, 0.15) is 17.4 Å². The molecule has 25 heavy (non-hydrogen) atoms. The molecule has 0 unspecified atom stereocenters. The summed E-state index contributed by atoms with van der Waals surface area (Å²) < 4.78 is 13.6. The number of nitrogens with zero attached hydrogens (tertiary/aromatic N) is 1. The summed E-state index contributed by atoms with van der Waals surface area (Å²) in [6, 6.07) is 16.2. The molecule has 0 bridgehead atoms. The minimum absolute atomic E-state index is 0.334. The second-order valence-corrected chi connectivity index (χ2v) is 6.44. The van der Waals surface area contributed by atoms with Gasteiger partial charge in [0.05, 0.1) is 5.69 Å². The molecule has 126 valence electrons. The lowest BCUT2D eigenvalue weighted by Gasteiger charge is -1.99. The van der Waals surface area contributed by atoms with Crippen molar-refractivity contribution in [2.24, 2.45) is 0 Å². The first-order valence-electron chi connectivity index (χ1n) is 7.96. The van der Waals surface area contributed by atoms with E-state index >= 15 is 0 Å². The van der Waals surface area contributed by atoms with E-state index in [2.05, 4.69) is 17.2 Å². The van der Waals surface area contributed by atoms with Crippen LogP contribution in [-0.2, 0) is 11.2 Å². The highest BCUT2D eigenvalue weighted by molar-refractivity contribution is 7.16. The van der Waals surface area contributed by atoms with Gasteiger partial charge in [-0.2, -0.15) is 0 Å². The third kappa shape index (κ3) is 4.19. The van der Waals surface area contributed by atoms with Gasteiger partial charge in [0.2, 0.25) is 5.91 Å². The zero-order chi connectivity index (χ0) is 17.6. The van der Waals surface area contributed by atoms with Gasteiger partial charge in [-0.25, -0.2) is 9.37 Å². The van der Waals surface area contributed by atoms with E-state index in [1.165, 1.54) is 29.6 Å². The van der Waals surface area contributed by atoms with E-state index in [-0.39, 0.29) is 11.7 Å². The standard InChI is InChI=1S/C20H17FN2OS/c1-2-17-19(15-9-4-3-5-10-15)23-20(25-17)22-18(24)13-12-14-8-6-7-11-16(14)21/h3-13H,2H2,1H3,(H,22,23,24)/b13-12+. The number of rotatable bonds is 5. The Hall–Kier alpha value is -2.79. The SMILES string of the molecule is CCc1sc(NC(=O)/C=C/c2ccccc2F)nc1-c1ccccc1. The number of carbonyl (C=O) groups is 1. The highest BCUT2D eigenvalue weighted by Crippen LogP contribution is 2.31. The second-order valence-electron chi connectivity index (χ2n) is 5.35. The lowest BCUT2D eigenvalue weighted by Crippen LogP contribution is -2.07. The molecule has 0 aliphatic rings. The van der Waals surface area contributed by atoms with Crippen molar-refractivity contribution in [3.8, 4) is 11.3 Å². The normalized spacial score (nSPS) is 11.0. The lowest BCUT2D eigenvalue weighted by molar-refractivity contribution is -0.111. The maximum Gasteiger partial charge on any atom is 0.250 e. The fourth-order valence-corrected chi connectivity index (χ4v) is 3.32. The van der Waals surface area contributed by atoms with E-state index in [1.807, 2.05) is 30.3 Å². The first kappa shape index (κ1) is 17.0. The summed E-state index contributed by atoms with van der Waals surface area (Å²) in [6.07, 6.45) is 3.60. The summed E-state index contributed by atoms with van der Waals surface area (Å²) in [4.78, 5) is 17.7. The number of aromatic nitrogens is 1. The van der Waals surface area contributed by atoms with Crippen molar-refractivity contribution in [1.82, 2.24) is 4.98 Å². The largest absolute Gasteiger partial charge is 0.298 e. The average molecular weight is 352 g/mol. The van der Waals surface area contributed by atoms with Crippen molar-refractivity contribution in [2.45, 2.75) is 13.3 Å². The summed E-state index contributed by atoms with van der Waals surface area (Å²) in [5.74, 6) is -0.695. The molecular formula is C20H17FN2OS. The summed E-state index contributed by atoms with van der Waals surface area (Å²) in [5, 5.41) is 3.30. The highest BCUT2D eigenvalue weighted by Gasteiger charge is 2.12. The molecule has 1 N–H and O–H groups in total. The molecule has 0 fully saturated rings. The van der Waals surface area contributed by atoms with Crippen LogP contribution in [0.5, 0.6) is 0 Å². The minimum atomic E-state index is -0.361. The molecule has 0 saturated carbocycles. The van der Waals surface area contributed by atoms with E-state index in [0.29, 0.717) is 10.7 Å². The number of aryl methyl sites for hydroxylation is 1. The van der Waals surface area contributed by atoms with Gasteiger partial charge in [0, 0.05) is 22.1 Å². The molecule has 1 aromatic heterocycles. The van der Waals surface area contributed by atoms with Crippen LogP contribution >= 0.6 is 11.3 Å². The Bertz CT molecular complexity index is 903. The molecule has 3 aromatic rings. The molecule has 2 aromatic carbocycles. The molecule has 0 atom stereocenters. The fourth-order valence-electron chi connectivity index (χ4n) is 2.39. The fraction of sp³-hybridized carbons (Fsp3) is 0.100. The maximum absolute atomic E-state index is 13.6. The number of halogens is 1. The molecule has 3 rings (SSSR count). The van der Waals surface area contributed by atoms with Gasteiger partial charge < -0.3 is 0 Å². The maximum atomic E-state index is 13.6. The van der Waals surface area contributed by atoms with Gasteiger partial charge in [0.15, 0.2) is 5.13 Å². The van der Waals surface area contributed by atoms with Crippen LogP contribution < -0.4 is 5.32 Å². The van der Waals surface area contributed by atoms with Gasteiger partial charge in [-0.15, -0.1) is 11.3 Å². The Balaban J connectivity index is 1.76. The Morgan fingerprint density at radius 1 is 1.16 bits per heavy atom. The number of carbonyl (C=O) groups excluding carboxylic acids is 1. The Morgan fingerprint density at radius 3 is 2.60 bits per heavy atom. The van der Waals surface area contributed by atoms with Crippen molar-refractivity contribution < 1.29 is 9.18 Å². The van der Waals surface area contributed by atoms with Crippen molar-refractivity contribution in [1.29, 1.82) is 0 Å². The molecule has 0 aliphatic heterocycles. The molecule has 0 saturated heterocycles. The number of hydrogen-bond donors (Lipinski definition) is 1. The quantitative estimate of drug-likeness (QED) is 0.644. The van der Waals surface area contributed by atoms with Crippen LogP contribution in [0.2, 0.25) is 0 Å². The zero-order valence-corrected chi connectivity index (χ0v) is 14.5. The molecule has 0 spiro atoms. The van der Waals surface area contributed by atoms with Crippen LogP contribution in [0.4, 0.5) is 9.52 Å². The first-order chi connectivity index (χ1) is 12.2. The predicted molar refractivity (Wildman–Crippen MR) is 101 cm³/mol. The monoisotopic (exact) mass is 352 g/mol. The van der Waals surface area contributed by atoms with Crippen LogP contribution in [0, 0.1) is 5.82 Å². The minimum Gasteiger partial charge on any atom is -0.298 e. The van der Waals surface area contributed by atoms with E-state index in [0.717, 1.165) is 22.6 Å². The molecule has 1 amide bonds. The van der Waals surface area contributed by atoms with Crippen LogP contribution in [-0.4, -0.2) is 10.9 Å². The summed E-state index contributed by atoms with van der Waals surface area (Å²) in [5.41, 5.74) is 2.29. The number of thiazole rings is 1. The molecule has 1 heterocycles. The number of hydrogen-bond acceptors (Lipinski definition) is 3. The number of amides is 1. The smallest absolute Gasteiger partial charge is 0.250 e. The number of anilines is 1. The van der Waals surface area contributed by atoms with Crippen LogP contribution in [0.15, 0.2) is 60.7 Å². The average Bonchev–Trinajstić information content (AvgIpc) is 3.04. The zero-order valence-electron chi connectivity index (χ0n) is 13.7. The van der Waals surface area contributed by atoms with E-state index in [4.69, 9.17) is 0 Å². The van der Waals surface area contributed by atoms with Crippen LogP contribution in [0.25, 0.3) is 17.3 Å². The molecule has 0 aliphatic carbocycles. The number of nitrogens with one attached hydrogen (secondary N) is 1. The predicted octanol–water partition coefficient (Wildman–Crippen LogP) is 5.16. The number of benzene rings is 2. The van der Waals surface area contributed by atoms with Gasteiger partial charge in [0.25, 0.3) is 0 Å². The molecule has 0 radical (unpaired) electrons.